The molecule has 9 heteroatoms. The molecule has 2 aromatic rings. The van der Waals surface area contributed by atoms with E-state index in [0.717, 1.165) is 0 Å². The summed E-state index contributed by atoms with van der Waals surface area (Å²) < 4.78 is 7.49. The van der Waals surface area contributed by atoms with Gasteiger partial charge in [-0.15, -0.1) is 0 Å². The van der Waals surface area contributed by atoms with Crippen molar-refractivity contribution in [3.05, 3.63) is 12.7 Å². The van der Waals surface area contributed by atoms with Crippen LogP contribution in [-0.2, 0) is 4.74 Å². The van der Waals surface area contributed by atoms with Crippen molar-refractivity contribution < 1.29 is 14.9 Å². The molecule has 3 heterocycles. The quantitative estimate of drug-likeness (QED) is 0.516. The van der Waals surface area contributed by atoms with Crippen LogP contribution >= 0.6 is 0 Å². The van der Waals surface area contributed by atoms with Crippen LogP contribution in [-0.4, -0.2) is 54.1 Å². The van der Waals surface area contributed by atoms with Gasteiger partial charge in [-0.05, 0) is 13.0 Å². The minimum atomic E-state index is -1.07. The lowest BCUT2D eigenvalue weighted by molar-refractivity contribution is -0.0526. The first-order chi connectivity index (χ1) is 10.1. The average Bonchev–Trinajstić information content (AvgIpc) is 2.94. The van der Waals surface area contributed by atoms with Crippen molar-refractivity contribution in [3.63, 3.8) is 0 Å². The lowest BCUT2D eigenvalue weighted by atomic mass is 10.1. The number of aliphatic hydroxyl groups excluding tert-OH is 2. The normalized spacial score (nSPS) is 38.4. The molecule has 0 aromatic carbocycles. The molecule has 0 radical (unpaired) electrons. The minimum Gasteiger partial charge on any atom is -0.387 e. The van der Waals surface area contributed by atoms with Gasteiger partial charge in [-0.2, -0.15) is 0 Å². The first-order valence-electron chi connectivity index (χ1n) is 6.75. The molecule has 1 aliphatic heterocycles. The SMILES string of the molecule is NC[C@H]1C[C@]12O[C@@H](n1cnc3c(N)ncnc31)[C@@H](O)C2O. The number of nitrogens with two attached hydrogens (primary N) is 2. The van der Waals surface area contributed by atoms with E-state index in [-0.39, 0.29) is 11.7 Å². The molecule has 1 saturated heterocycles. The van der Waals surface area contributed by atoms with Gasteiger partial charge in [0, 0.05) is 5.92 Å². The van der Waals surface area contributed by atoms with E-state index in [1.807, 2.05) is 0 Å². The van der Waals surface area contributed by atoms with Crippen molar-refractivity contribution in [2.45, 2.75) is 30.5 Å². The Morgan fingerprint density at radius 3 is 2.90 bits per heavy atom. The fraction of sp³-hybridized carbons (Fsp3) is 0.583. The molecule has 1 saturated carbocycles. The summed E-state index contributed by atoms with van der Waals surface area (Å²) in [5.74, 6) is 0.314. The topological polar surface area (TPSA) is 145 Å². The highest BCUT2D eigenvalue weighted by Crippen LogP contribution is 2.57. The largest absolute Gasteiger partial charge is 0.387 e. The molecule has 2 aliphatic rings. The molecule has 0 bridgehead atoms. The molecule has 9 nitrogen and oxygen atoms in total. The van der Waals surface area contributed by atoms with E-state index in [1.54, 1.807) is 4.57 Å². The molecule has 6 N–H and O–H groups in total. The van der Waals surface area contributed by atoms with Crippen molar-refractivity contribution in [1.29, 1.82) is 0 Å². The van der Waals surface area contributed by atoms with Crippen molar-refractivity contribution in [1.82, 2.24) is 19.5 Å². The van der Waals surface area contributed by atoms with Gasteiger partial charge in [0.05, 0.1) is 6.33 Å². The summed E-state index contributed by atoms with van der Waals surface area (Å²) in [6.45, 7) is 0.413. The summed E-state index contributed by atoms with van der Waals surface area (Å²) >= 11 is 0. The smallest absolute Gasteiger partial charge is 0.167 e. The number of anilines is 1. The van der Waals surface area contributed by atoms with Crippen LogP contribution in [0, 0.1) is 5.92 Å². The van der Waals surface area contributed by atoms with E-state index in [0.29, 0.717) is 24.1 Å². The van der Waals surface area contributed by atoms with Crippen molar-refractivity contribution in [3.8, 4) is 0 Å². The summed E-state index contributed by atoms with van der Waals surface area (Å²) in [6.07, 6.45) is 0.624. The van der Waals surface area contributed by atoms with Gasteiger partial charge < -0.3 is 26.4 Å². The van der Waals surface area contributed by atoms with Gasteiger partial charge in [-0.3, -0.25) is 4.57 Å². The van der Waals surface area contributed by atoms with E-state index in [1.165, 1.54) is 12.7 Å². The molecular weight excluding hydrogens is 276 g/mol. The summed E-state index contributed by atoms with van der Waals surface area (Å²) in [5.41, 5.74) is 11.5. The third kappa shape index (κ3) is 1.57. The Morgan fingerprint density at radius 2 is 2.19 bits per heavy atom. The Morgan fingerprint density at radius 1 is 1.38 bits per heavy atom. The Balaban J connectivity index is 1.75. The maximum absolute atomic E-state index is 10.3. The van der Waals surface area contributed by atoms with Crippen LogP contribution in [0.15, 0.2) is 12.7 Å². The Bertz CT molecular complexity index is 705. The second-order valence-corrected chi connectivity index (χ2v) is 5.62. The fourth-order valence-electron chi connectivity index (χ4n) is 3.20. The zero-order valence-electron chi connectivity index (χ0n) is 11.1. The number of aliphatic hydroxyl groups is 2. The van der Waals surface area contributed by atoms with Crippen LogP contribution in [0.1, 0.15) is 12.6 Å². The molecule has 4 rings (SSSR count). The van der Waals surface area contributed by atoms with Crippen LogP contribution in [0.4, 0.5) is 5.82 Å². The van der Waals surface area contributed by atoms with Crippen LogP contribution in [0.5, 0.6) is 0 Å². The molecule has 0 amide bonds. The van der Waals surface area contributed by atoms with Crippen LogP contribution < -0.4 is 11.5 Å². The molecule has 112 valence electrons. The van der Waals surface area contributed by atoms with Crippen molar-refractivity contribution >= 4 is 17.0 Å². The predicted octanol–water partition coefficient (Wildman–Crippen LogP) is -1.62. The molecule has 2 aromatic heterocycles. The second kappa shape index (κ2) is 4.10. The highest BCUT2D eigenvalue weighted by molar-refractivity contribution is 5.81. The van der Waals surface area contributed by atoms with E-state index in [4.69, 9.17) is 16.2 Å². The van der Waals surface area contributed by atoms with Crippen LogP contribution in [0.2, 0.25) is 0 Å². The monoisotopic (exact) mass is 292 g/mol. The molecule has 2 fully saturated rings. The number of hydrogen-bond donors (Lipinski definition) is 4. The first-order valence-corrected chi connectivity index (χ1v) is 6.75. The summed E-state index contributed by atoms with van der Waals surface area (Å²) in [6, 6.07) is 0. The standard InChI is InChI=1S/C12H16N6O3/c13-2-5-1-12(5)8(20)7(19)11(21-12)18-4-17-6-9(14)15-3-16-10(6)18/h3-5,7-8,11,19-20H,1-2,13H2,(H2,14,15,16)/t5-,7+,8?,11-,12+/m1/s1. The van der Waals surface area contributed by atoms with Gasteiger partial charge in [0.1, 0.15) is 29.7 Å². The number of ether oxygens (including phenoxy) is 1. The summed E-state index contributed by atoms with van der Waals surface area (Å²) in [5, 5.41) is 20.6. The van der Waals surface area contributed by atoms with E-state index < -0.39 is 24.0 Å². The third-order valence-electron chi connectivity index (χ3n) is 4.50. The Kier molecular flexibility index (Phi) is 2.52. The lowest BCUT2D eigenvalue weighted by Gasteiger charge is -2.16. The first kappa shape index (κ1) is 12.9. The van der Waals surface area contributed by atoms with Crippen molar-refractivity contribution in [2.75, 3.05) is 12.3 Å². The number of nitrogens with zero attached hydrogens (tertiary/aromatic N) is 4. The van der Waals surface area contributed by atoms with Gasteiger partial charge in [-0.1, -0.05) is 0 Å². The summed E-state index contributed by atoms with van der Waals surface area (Å²) in [4.78, 5) is 12.1. The molecule has 5 atom stereocenters. The minimum absolute atomic E-state index is 0.0571. The highest BCUT2D eigenvalue weighted by Gasteiger charge is 2.68. The maximum Gasteiger partial charge on any atom is 0.167 e. The van der Waals surface area contributed by atoms with Gasteiger partial charge in [-0.25, -0.2) is 15.0 Å². The average molecular weight is 292 g/mol. The highest BCUT2D eigenvalue weighted by atomic mass is 16.6. The molecule has 1 spiro atoms. The number of aromatic nitrogens is 4. The van der Waals surface area contributed by atoms with E-state index in [9.17, 15) is 10.2 Å². The zero-order valence-corrected chi connectivity index (χ0v) is 11.1. The molecule has 1 unspecified atom stereocenters. The number of fused-ring (bicyclic) bond motifs is 1. The second-order valence-electron chi connectivity index (χ2n) is 5.62. The van der Waals surface area contributed by atoms with Gasteiger partial charge in [0.2, 0.25) is 0 Å². The number of imidazole rings is 1. The van der Waals surface area contributed by atoms with Gasteiger partial charge >= 0.3 is 0 Å². The predicted molar refractivity (Wildman–Crippen MR) is 71.8 cm³/mol. The molecular formula is C12H16N6O3. The van der Waals surface area contributed by atoms with Gasteiger partial charge in [0.25, 0.3) is 0 Å². The lowest BCUT2D eigenvalue weighted by Crippen LogP contribution is -2.34. The Hall–Kier alpha value is -1.81. The summed E-state index contributed by atoms with van der Waals surface area (Å²) in [7, 11) is 0. The van der Waals surface area contributed by atoms with Gasteiger partial charge in [0.15, 0.2) is 17.7 Å². The fourth-order valence-corrected chi connectivity index (χ4v) is 3.20. The van der Waals surface area contributed by atoms with Crippen molar-refractivity contribution in [2.24, 2.45) is 11.7 Å². The van der Waals surface area contributed by atoms with Crippen LogP contribution in [0.3, 0.4) is 0 Å². The number of hydrogen-bond acceptors (Lipinski definition) is 8. The maximum atomic E-state index is 10.3. The molecule has 1 aliphatic carbocycles. The number of rotatable bonds is 2. The van der Waals surface area contributed by atoms with E-state index in [2.05, 4.69) is 15.0 Å². The molecule has 21 heavy (non-hydrogen) atoms. The van der Waals surface area contributed by atoms with E-state index >= 15 is 0 Å². The Labute approximate surface area is 119 Å². The zero-order chi connectivity index (χ0) is 14.8. The van der Waals surface area contributed by atoms with Crippen LogP contribution in [0.25, 0.3) is 11.2 Å². The number of nitrogen functional groups attached to an aromatic ring is 1. The third-order valence-corrected chi connectivity index (χ3v) is 4.50.